The summed E-state index contributed by atoms with van der Waals surface area (Å²) in [5.74, 6) is 0.917. The minimum Gasteiger partial charge on any atom is -0.149 e. The van der Waals surface area contributed by atoms with Crippen molar-refractivity contribution >= 4 is 27.3 Å². The maximum absolute atomic E-state index is 3.79. The van der Waals surface area contributed by atoms with Crippen molar-refractivity contribution in [2.75, 3.05) is 0 Å². The Morgan fingerprint density at radius 2 is 2.21 bits per heavy atom. The molecule has 1 saturated carbocycles. The van der Waals surface area contributed by atoms with Crippen molar-refractivity contribution in [3.63, 3.8) is 0 Å². The fourth-order valence-electron chi connectivity index (χ4n) is 2.29. The van der Waals surface area contributed by atoms with Gasteiger partial charge in [-0.25, -0.2) is 0 Å². The minimum atomic E-state index is 0.773. The van der Waals surface area contributed by atoms with E-state index in [2.05, 4.69) is 33.4 Å². The van der Waals surface area contributed by atoms with Crippen LogP contribution in [0.25, 0.3) is 0 Å². The second-order valence-corrected chi connectivity index (χ2v) is 6.59. The minimum absolute atomic E-state index is 0.773. The van der Waals surface area contributed by atoms with Crippen LogP contribution in [0.2, 0.25) is 0 Å². The topological polar surface area (TPSA) is 0 Å². The van der Waals surface area contributed by atoms with Gasteiger partial charge < -0.3 is 0 Å². The molecule has 0 N–H and O–H groups in total. The average molecular weight is 273 g/mol. The van der Waals surface area contributed by atoms with Crippen LogP contribution in [0.3, 0.4) is 0 Å². The molecular weight excluding hydrogens is 256 g/mol. The van der Waals surface area contributed by atoms with E-state index < -0.39 is 0 Å². The van der Waals surface area contributed by atoms with Gasteiger partial charge in [0.05, 0.1) is 0 Å². The molecule has 1 fully saturated rings. The average Bonchev–Trinajstić information content (AvgIpc) is 2.56. The van der Waals surface area contributed by atoms with Crippen molar-refractivity contribution in [1.82, 2.24) is 0 Å². The molecule has 0 spiro atoms. The first-order valence-electron chi connectivity index (χ1n) is 5.51. The molecule has 0 nitrogen and oxygen atoms in total. The summed E-state index contributed by atoms with van der Waals surface area (Å²) in [5.41, 5.74) is 0. The number of thiophene rings is 1. The van der Waals surface area contributed by atoms with Gasteiger partial charge in [0.1, 0.15) is 0 Å². The van der Waals surface area contributed by atoms with Gasteiger partial charge in [-0.15, -0.1) is 11.3 Å². The lowest BCUT2D eigenvalue weighted by molar-refractivity contribution is 0.467. The summed E-state index contributed by atoms with van der Waals surface area (Å²) in [6.07, 6.45) is 8.33. The zero-order valence-corrected chi connectivity index (χ0v) is 10.8. The molecule has 0 amide bonds. The van der Waals surface area contributed by atoms with Crippen LogP contribution in [0.5, 0.6) is 0 Å². The predicted octanol–water partition coefficient (Wildman–Crippen LogP) is 4.63. The van der Waals surface area contributed by atoms with Crippen LogP contribution >= 0.6 is 27.3 Å². The Hall–Kier alpha value is 0.180. The second-order valence-electron chi connectivity index (χ2n) is 4.27. The van der Waals surface area contributed by atoms with Crippen LogP contribution < -0.4 is 0 Å². The van der Waals surface area contributed by atoms with Crippen molar-refractivity contribution in [3.8, 4) is 0 Å². The molecule has 1 aromatic rings. The Bertz CT molecular complexity index is 255. The molecule has 1 aliphatic carbocycles. The first kappa shape index (κ1) is 10.7. The monoisotopic (exact) mass is 272 g/mol. The maximum Gasteiger partial charge on any atom is 0.0148 e. The first-order chi connectivity index (χ1) is 6.84. The summed E-state index contributed by atoms with van der Waals surface area (Å²) >= 11 is 5.70. The van der Waals surface area contributed by atoms with E-state index in [4.69, 9.17) is 0 Å². The van der Waals surface area contributed by atoms with Crippen LogP contribution in [0.1, 0.15) is 37.0 Å². The van der Waals surface area contributed by atoms with Crippen LogP contribution in [0, 0.1) is 5.92 Å². The highest BCUT2D eigenvalue weighted by molar-refractivity contribution is 9.09. The van der Waals surface area contributed by atoms with Gasteiger partial charge in [0.2, 0.25) is 0 Å². The molecule has 1 aromatic heterocycles. The third-order valence-electron chi connectivity index (χ3n) is 3.04. The summed E-state index contributed by atoms with van der Waals surface area (Å²) in [7, 11) is 0. The smallest absolute Gasteiger partial charge is 0.0148 e. The molecule has 2 unspecified atom stereocenters. The Morgan fingerprint density at radius 3 is 3.00 bits per heavy atom. The highest BCUT2D eigenvalue weighted by Crippen LogP contribution is 2.30. The highest BCUT2D eigenvalue weighted by Gasteiger charge is 2.18. The lowest BCUT2D eigenvalue weighted by atomic mass is 9.96. The summed E-state index contributed by atoms with van der Waals surface area (Å²) in [4.78, 5) is 2.34. The van der Waals surface area contributed by atoms with E-state index in [1.54, 1.807) is 4.88 Å². The quantitative estimate of drug-likeness (QED) is 0.544. The molecule has 1 aliphatic rings. The lowest BCUT2D eigenvalue weighted by Gasteiger charge is -2.14. The molecule has 2 rings (SSSR count). The van der Waals surface area contributed by atoms with E-state index in [0.29, 0.717) is 0 Å². The van der Waals surface area contributed by atoms with Gasteiger partial charge in [-0.1, -0.05) is 41.3 Å². The molecule has 2 heteroatoms. The molecule has 0 radical (unpaired) electrons. The van der Waals surface area contributed by atoms with Gasteiger partial charge in [0.15, 0.2) is 0 Å². The van der Waals surface area contributed by atoms with Crippen LogP contribution in [0.4, 0.5) is 0 Å². The number of rotatable bonds is 2. The van der Waals surface area contributed by atoms with E-state index in [1.807, 2.05) is 11.3 Å². The van der Waals surface area contributed by atoms with Gasteiger partial charge in [0.25, 0.3) is 0 Å². The van der Waals surface area contributed by atoms with E-state index in [9.17, 15) is 0 Å². The third kappa shape index (κ3) is 3.09. The van der Waals surface area contributed by atoms with Crippen LogP contribution in [-0.4, -0.2) is 4.83 Å². The SMILES string of the molecule is BrC1CCCCC(Cc2cccs2)C1. The summed E-state index contributed by atoms with van der Waals surface area (Å²) in [6, 6.07) is 4.45. The molecule has 14 heavy (non-hydrogen) atoms. The van der Waals surface area contributed by atoms with Crippen LogP contribution in [-0.2, 0) is 6.42 Å². The molecular formula is C12H17BrS. The lowest BCUT2D eigenvalue weighted by Crippen LogP contribution is -2.07. The summed E-state index contributed by atoms with van der Waals surface area (Å²) < 4.78 is 0. The van der Waals surface area contributed by atoms with Crippen molar-refractivity contribution in [2.24, 2.45) is 5.92 Å². The van der Waals surface area contributed by atoms with E-state index in [0.717, 1.165) is 10.7 Å². The van der Waals surface area contributed by atoms with Crippen LogP contribution in [0.15, 0.2) is 17.5 Å². The van der Waals surface area contributed by atoms with Gasteiger partial charge in [-0.05, 0) is 36.6 Å². The Labute approximate surface area is 98.9 Å². The molecule has 1 heterocycles. The predicted molar refractivity (Wildman–Crippen MR) is 67.3 cm³/mol. The molecule has 0 saturated heterocycles. The standard InChI is InChI=1S/C12H17BrS/c13-11-5-2-1-4-10(8-11)9-12-6-3-7-14-12/h3,6-7,10-11H,1-2,4-5,8-9H2. The highest BCUT2D eigenvalue weighted by atomic mass is 79.9. The van der Waals surface area contributed by atoms with Crippen molar-refractivity contribution < 1.29 is 0 Å². The van der Waals surface area contributed by atoms with Gasteiger partial charge >= 0.3 is 0 Å². The normalized spacial score (nSPS) is 28.6. The Kier molecular flexibility index (Phi) is 4.06. The molecule has 0 aromatic carbocycles. The van der Waals surface area contributed by atoms with E-state index in [1.165, 1.54) is 38.5 Å². The fourth-order valence-corrected chi connectivity index (χ4v) is 3.97. The molecule has 78 valence electrons. The molecule has 0 bridgehead atoms. The zero-order valence-electron chi connectivity index (χ0n) is 8.42. The van der Waals surface area contributed by atoms with Crippen molar-refractivity contribution in [1.29, 1.82) is 0 Å². The third-order valence-corrected chi connectivity index (χ3v) is 4.77. The zero-order chi connectivity index (χ0) is 9.80. The van der Waals surface area contributed by atoms with E-state index in [-0.39, 0.29) is 0 Å². The summed E-state index contributed by atoms with van der Waals surface area (Å²) in [5, 5.41) is 2.19. The Balaban J connectivity index is 1.90. The Morgan fingerprint density at radius 1 is 1.36 bits per heavy atom. The summed E-state index contributed by atoms with van der Waals surface area (Å²) in [6.45, 7) is 0. The molecule has 0 aliphatic heterocycles. The maximum atomic E-state index is 3.79. The van der Waals surface area contributed by atoms with Crippen molar-refractivity contribution in [3.05, 3.63) is 22.4 Å². The second kappa shape index (κ2) is 5.32. The largest absolute Gasteiger partial charge is 0.149 e. The van der Waals surface area contributed by atoms with E-state index >= 15 is 0 Å². The fraction of sp³-hybridized carbons (Fsp3) is 0.667. The van der Waals surface area contributed by atoms with Gasteiger partial charge in [-0.3, -0.25) is 0 Å². The van der Waals surface area contributed by atoms with Gasteiger partial charge in [0, 0.05) is 9.70 Å². The number of hydrogen-bond donors (Lipinski definition) is 0. The van der Waals surface area contributed by atoms with Crippen molar-refractivity contribution in [2.45, 2.75) is 43.4 Å². The van der Waals surface area contributed by atoms with Gasteiger partial charge in [-0.2, -0.15) is 0 Å². The first-order valence-corrected chi connectivity index (χ1v) is 7.30. The number of halogens is 1. The number of hydrogen-bond acceptors (Lipinski definition) is 1. The number of alkyl halides is 1. The molecule has 2 atom stereocenters.